The van der Waals surface area contributed by atoms with Crippen molar-refractivity contribution in [3.8, 4) is 0 Å². The van der Waals surface area contributed by atoms with Crippen LogP contribution in [0.2, 0.25) is 0 Å². The quantitative estimate of drug-likeness (QED) is 0.930. The maximum atomic E-state index is 13.4. The molecule has 0 unspecified atom stereocenters. The van der Waals surface area contributed by atoms with Crippen LogP contribution in [0.1, 0.15) is 36.0 Å². The number of aromatic amines is 1. The molecule has 2 aromatic heterocycles. The molecule has 1 aliphatic carbocycles. The average molecular weight is 328 g/mol. The second-order valence-electron chi connectivity index (χ2n) is 7.20. The number of aromatic nitrogens is 2. The second kappa shape index (κ2) is 5.77. The van der Waals surface area contributed by atoms with Crippen molar-refractivity contribution in [2.45, 2.75) is 37.8 Å². The van der Waals surface area contributed by atoms with E-state index in [1.165, 1.54) is 4.57 Å². The molecular formula is C18H24N4O2. The van der Waals surface area contributed by atoms with Crippen LogP contribution in [-0.2, 0) is 7.05 Å². The van der Waals surface area contributed by atoms with Crippen LogP contribution in [-0.4, -0.2) is 57.5 Å². The third kappa shape index (κ3) is 2.55. The Bertz CT molecular complexity index is 825. The number of carbonyl (C=O) groups excluding carboxylic acids is 1. The van der Waals surface area contributed by atoms with Gasteiger partial charge in [-0.1, -0.05) is 0 Å². The molecule has 0 bridgehead atoms. The molecule has 1 amide bonds. The Morgan fingerprint density at radius 1 is 1.17 bits per heavy atom. The van der Waals surface area contributed by atoms with E-state index in [9.17, 15) is 9.59 Å². The van der Waals surface area contributed by atoms with E-state index in [0.29, 0.717) is 23.2 Å². The van der Waals surface area contributed by atoms with Gasteiger partial charge in [0.15, 0.2) is 0 Å². The summed E-state index contributed by atoms with van der Waals surface area (Å²) in [5.74, 6) is 0.0762. The van der Waals surface area contributed by atoms with Crippen molar-refractivity contribution in [1.82, 2.24) is 19.4 Å². The zero-order valence-corrected chi connectivity index (χ0v) is 14.3. The number of H-pyrrole nitrogens is 1. The number of rotatable bonds is 3. The third-order valence-corrected chi connectivity index (χ3v) is 5.38. The number of hydrogen-bond donors (Lipinski definition) is 1. The fraction of sp³-hybridized carbons (Fsp3) is 0.556. The van der Waals surface area contributed by atoms with Gasteiger partial charge in [-0.2, -0.15) is 0 Å². The number of nitrogens with one attached hydrogen (secondary N) is 1. The number of fused-ring (bicyclic) bond motifs is 1. The van der Waals surface area contributed by atoms with Crippen molar-refractivity contribution in [2.24, 2.45) is 7.05 Å². The van der Waals surface area contributed by atoms with Gasteiger partial charge in [-0.3, -0.25) is 9.59 Å². The minimum atomic E-state index is -0.0937. The number of amides is 1. The summed E-state index contributed by atoms with van der Waals surface area (Å²) < 4.78 is 1.51. The van der Waals surface area contributed by atoms with E-state index in [4.69, 9.17) is 0 Å². The monoisotopic (exact) mass is 328 g/mol. The Morgan fingerprint density at radius 2 is 1.83 bits per heavy atom. The summed E-state index contributed by atoms with van der Waals surface area (Å²) in [5.41, 5.74) is 1.06. The van der Waals surface area contributed by atoms with Gasteiger partial charge < -0.3 is 19.4 Å². The lowest BCUT2D eigenvalue weighted by atomic mass is 10.0. The number of pyridine rings is 1. The van der Waals surface area contributed by atoms with Gasteiger partial charge in [0.1, 0.15) is 5.52 Å². The first kappa shape index (κ1) is 15.4. The molecule has 0 spiro atoms. The van der Waals surface area contributed by atoms with Gasteiger partial charge in [-0.05, 0) is 51.9 Å². The Morgan fingerprint density at radius 3 is 2.50 bits per heavy atom. The van der Waals surface area contributed by atoms with Crippen molar-refractivity contribution in [1.29, 1.82) is 0 Å². The maximum Gasteiger partial charge on any atom is 0.274 e. The largest absolute Gasteiger partial charge is 0.357 e. The highest BCUT2D eigenvalue weighted by atomic mass is 16.2. The highest BCUT2D eigenvalue weighted by Crippen LogP contribution is 2.33. The summed E-state index contributed by atoms with van der Waals surface area (Å²) >= 11 is 0. The lowest BCUT2D eigenvalue weighted by Gasteiger charge is -2.37. The molecule has 24 heavy (non-hydrogen) atoms. The Labute approximate surface area is 141 Å². The number of hydrogen-bond acceptors (Lipinski definition) is 3. The minimum absolute atomic E-state index is 0.0762. The molecule has 1 saturated heterocycles. The molecular weight excluding hydrogens is 304 g/mol. The van der Waals surface area contributed by atoms with Gasteiger partial charge in [0.05, 0.1) is 5.56 Å². The standard InChI is InChI=1S/C18H24N4O2/c1-20-9-6-13(7-10-20)22(12-3-4-12)17(23)15-11-21(2)18(24)16-14(15)5-8-19-16/h5,8,11-13,19H,3-4,6-7,9-10H2,1-2H3. The van der Waals surface area contributed by atoms with Crippen molar-refractivity contribution >= 4 is 16.8 Å². The van der Waals surface area contributed by atoms with Gasteiger partial charge in [-0.25, -0.2) is 0 Å². The van der Waals surface area contributed by atoms with Crippen LogP contribution in [0.3, 0.4) is 0 Å². The van der Waals surface area contributed by atoms with Gasteiger partial charge >= 0.3 is 0 Å². The number of aryl methyl sites for hydroxylation is 1. The number of likely N-dealkylation sites (tertiary alicyclic amines) is 1. The predicted octanol–water partition coefficient (Wildman–Crippen LogP) is 1.57. The Balaban J connectivity index is 1.72. The molecule has 3 heterocycles. The number of nitrogens with zero attached hydrogens (tertiary/aromatic N) is 3. The molecule has 0 atom stereocenters. The molecule has 6 heteroatoms. The average Bonchev–Trinajstić information content (AvgIpc) is 3.27. The fourth-order valence-electron chi connectivity index (χ4n) is 3.83. The molecule has 0 aromatic carbocycles. The Kier molecular flexibility index (Phi) is 3.72. The summed E-state index contributed by atoms with van der Waals surface area (Å²) in [6.07, 6.45) is 7.69. The van der Waals surface area contributed by atoms with Crippen LogP contribution < -0.4 is 5.56 Å². The maximum absolute atomic E-state index is 13.4. The zero-order valence-electron chi connectivity index (χ0n) is 14.3. The van der Waals surface area contributed by atoms with Crippen molar-refractivity contribution in [2.75, 3.05) is 20.1 Å². The molecule has 1 aliphatic heterocycles. The number of carbonyl (C=O) groups is 1. The van der Waals surface area contributed by atoms with Crippen LogP contribution in [0.4, 0.5) is 0 Å². The van der Waals surface area contributed by atoms with Crippen molar-refractivity contribution < 1.29 is 4.79 Å². The topological polar surface area (TPSA) is 61.3 Å². The molecule has 1 saturated carbocycles. The van der Waals surface area contributed by atoms with Crippen molar-refractivity contribution in [3.05, 3.63) is 34.4 Å². The molecule has 4 rings (SSSR count). The van der Waals surface area contributed by atoms with Gasteiger partial charge in [-0.15, -0.1) is 0 Å². The molecule has 6 nitrogen and oxygen atoms in total. The SMILES string of the molecule is CN1CCC(N(C(=O)c2cn(C)c(=O)c3[nH]ccc23)C2CC2)CC1. The summed E-state index contributed by atoms with van der Waals surface area (Å²) in [7, 11) is 3.84. The summed E-state index contributed by atoms with van der Waals surface area (Å²) in [6, 6.07) is 2.52. The smallest absolute Gasteiger partial charge is 0.274 e. The first-order valence-corrected chi connectivity index (χ1v) is 8.74. The molecule has 2 aliphatic rings. The molecule has 0 radical (unpaired) electrons. The predicted molar refractivity (Wildman–Crippen MR) is 93.3 cm³/mol. The zero-order chi connectivity index (χ0) is 16.8. The number of piperidine rings is 1. The lowest BCUT2D eigenvalue weighted by molar-refractivity contribution is 0.0570. The fourth-order valence-corrected chi connectivity index (χ4v) is 3.83. The highest BCUT2D eigenvalue weighted by molar-refractivity contribution is 6.06. The van der Waals surface area contributed by atoms with Crippen LogP contribution in [0.15, 0.2) is 23.3 Å². The lowest BCUT2D eigenvalue weighted by Crippen LogP contribution is -2.47. The normalized spacial score (nSPS) is 19.8. The summed E-state index contributed by atoms with van der Waals surface area (Å²) in [4.78, 5) is 33.0. The summed E-state index contributed by atoms with van der Waals surface area (Å²) in [6.45, 7) is 2.07. The van der Waals surface area contributed by atoms with E-state index >= 15 is 0 Å². The van der Waals surface area contributed by atoms with Crippen LogP contribution in [0, 0.1) is 0 Å². The van der Waals surface area contributed by atoms with E-state index in [-0.39, 0.29) is 11.5 Å². The second-order valence-corrected chi connectivity index (χ2v) is 7.20. The van der Waals surface area contributed by atoms with E-state index in [1.807, 2.05) is 6.07 Å². The van der Waals surface area contributed by atoms with Gasteiger partial charge in [0.2, 0.25) is 0 Å². The van der Waals surface area contributed by atoms with Gasteiger partial charge in [0.25, 0.3) is 11.5 Å². The van der Waals surface area contributed by atoms with E-state index in [1.54, 1.807) is 19.4 Å². The molecule has 128 valence electrons. The molecule has 2 aromatic rings. The molecule has 2 fully saturated rings. The van der Waals surface area contributed by atoms with Crippen LogP contribution >= 0.6 is 0 Å². The van der Waals surface area contributed by atoms with E-state index in [2.05, 4.69) is 21.8 Å². The van der Waals surface area contributed by atoms with E-state index in [0.717, 1.165) is 44.2 Å². The highest BCUT2D eigenvalue weighted by Gasteiger charge is 2.39. The summed E-state index contributed by atoms with van der Waals surface area (Å²) in [5, 5.41) is 0.738. The Hall–Kier alpha value is -2.08. The van der Waals surface area contributed by atoms with Gasteiger partial charge in [0, 0.05) is 36.9 Å². The van der Waals surface area contributed by atoms with E-state index < -0.39 is 0 Å². The molecule has 1 N–H and O–H groups in total. The van der Waals surface area contributed by atoms with Crippen LogP contribution in [0.5, 0.6) is 0 Å². The third-order valence-electron chi connectivity index (χ3n) is 5.38. The van der Waals surface area contributed by atoms with Crippen LogP contribution in [0.25, 0.3) is 10.9 Å². The first-order valence-electron chi connectivity index (χ1n) is 8.74. The van der Waals surface area contributed by atoms with Crippen molar-refractivity contribution in [3.63, 3.8) is 0 Å². The first-order chi connectivity index (χ1) is 11.6. The minimum Gasteiger partial charge on any atom is -0.357 e.